The van der Waals surface area contributed by atoms with Gasteiger partial charge in [0.25, 0.3) is 0 Å². The maximum Gasteiger partial charge on any atom is 0.0809 e. The second-order valence-electron chi connectivity index (χ2n) is 4.80. The van der Waals surface area contributed by atoms with Crippen LogP contribution in [0.5, 0.6) is 0 Å². The Labute approximate surface area is 92.5 Å². The Balaban J connectivity index is 1.45. The molecule has 1 heterocycles. The van der Waals surface area contributed by atoms with Gasteiger partial charge in [-0.2, -0.15) is 0 Å². The average molecular weight is 213 g/mol. The molecule has 2 fully saturated rings. The summed E-state index contributed by atoms with van der Waals surface area (Å²) in [4.78, 5) is 0. The molecule has 0 aromatic heterocycles. The third-order valence-electron chi connectivity index (χ3n) is 3.15. The van der Waals surface area contributed by atoms with Crippen molar-refractivity contribution in [3.05, 3.63) is 0 Å². The molecular formula is C12H23NO2. The van der Waals surface area contributed by atoms with E-state index in [0.29, 0.717) is 12.2 Å². The summed E-state index contributed by atoms with van der Waals surface area (Å²) in [5, 5.41) is 3.50. The van der Waals surface area contributed by atoms with Crippen molar-refractivity contribution in [2.24, 2.45) is 0 Å². The fourth-order valence-electron chi connectivity index (χ4n) is 1.91. The van der Waals surface area contributed by atoms with E-state index in [9.17, 15) is 0 Å². The van der Waals surface area contributed by atoms with Gasteiger partial charge in [0, 0.05) is 12.6 Å². The number of rotatable bonds is 7. The van der Waals surface area contributed by atoms with Crippen LogP contribution in [-0.4, -0.2) is 38.0 Å². The largest absolute Gasteiger partial charge is 0.376 e. The molecule has 1 saturated carbocycles. The minimum absolute atomic E-state index is 0.362. The van der Waals surface area contributed by atoms with E-state index in [1.165, 1.54) is 25.7 Å². The van der Waals surface area contributed by atoms with Crippen LogP contribution in [0.15, 0.2) is 0 Å². The van der Waals surface area contributed by atoms with E-state index in [2.05, 4.69) is 12.2 Å². The van der Waals surface area contributed by atoms with E-state index in [4.69, 9.17) is 9.47 Å². The van der Waals surface area contributed by atoms with Crippen LogP contribution in [0.3, 0.4) is 0 Å². The molecule has 15 heavy (non-hydrogen) atoms. The standard InChI is InChI=1S/C12H23NO2/c1-10(6-7-13-11-4-5-11)15-9-12-3-2-8-14-12/h10-13H,2-9H2,1H3. The van der Waals surface area contributed by atoms with E-state index < -0.39 is 0 Å². The molecule has 0 aromatic carbocycles. The van der Waals surface area contributed by atoms with Crippen LogP contribution < -0.4 is 5.32 Å². The summed E-state index contributed by atoms with van der Waals surface area (Å²) in [6.07, 6.45) is 6.95. The van der Waals surface area contributed by atoms with Crippen LogP contribution in [0, 0.1) is 0 Å². The summed E-state index contributed by atoms with van der Waals surface area (Å²) in [6.45, 7) is 4.96. The first-order valence-corrected chi connectivity index (χ1v) is 6.31. The molecule has 2 atom stereocenters. The summed E-state index contributed by atoms with van der Waals surface area (Å²) in [6, 6.07) is 0.815. The molecule has 0 spiro atoms. The Kier molecular flexibility index (Phi) is 4.42. The van der Waals surface area contributed by atoms with Gasteiger partial charge in [0.15, 0.2) is 0 Å². The zero-order chi connectivity index (χ0) is 10.5. The van der Waals surface area contributed by atoms with E-state index in [1.807, 2.05) is 0 Å². The molecule has 3 heteroatoms. The predicted octanol–water partition coefficient (Wildman–Crippen LogP) is 1.71. The lowest BCUT2D eigenvalue weighted by molar-refractivity contribution is -0.0161. The summed E-state index contributed by atoms with van der Waals surface area (Å²) < 4.78 is 11.3. The molecule has 88 valence electrons. The monoisotopic (exact) mass is 213 g/mol. The second kappa shape index (κ2) is 5.83. The Hall–Kier alpha value is -0.120. The first-order chi connectivity index (χ1) is 7.34. The molecule has 0 bridgehead atoms. The summed E-state index contributed by atoms with van der Waals surface area (Å²) >= 11 is 0. The van der Waals surface area contributed by atoms with Crippen molar-refractivity contribution in [3.8, 4) is 0 Å². The van der Waals surface area contributed by atoms with Crippen molar-refractivity contribution >= 4 is 0 Å². The van der Waals surface area contributed by atoms with Crippen LogP contribution in [0.25, 0.3) is 0 Å². The van der Waals surface area contributed by atoms with Gasteiger partial charge in [-0.25, -0.2) is 0 Å². The molecule has 0 amide bonds. The molecule has 1 saturated heterocycles. The average Bonchev–Trinajstić information content (AvgIpc) is 2.91. The Morgan fingerprint density at radius 3 is 2.93 bits per heavy atom. The molecule has 2 aliphatic rings. The van der Waals surface area contributed by atoms with E-state index in [0.717, 1.165) is 32.2 Å². The van der Waals surface area contributed by atoms with Crippen LogP contribution >= 0.6 is 0 Å². The van der Waals surface area contributed by atoms with Crippen molar-refractivity contribution in [2.75, 3.05) is 19.8 Å². The lowest BCUT2D eigenvalue weighted by atomic mass is 10.2. The lowest BCUT2D eigenvalue weighted by Crippen LogP contribution is -2.25. The van der Waals surface area contributed by atoms with Gasteiger partial charge in [-0.15, -0.1) is 0 Å². The first-order valence-electron chi connectivity index (χ1n) is 6.31. The zero-order valence-electron chi connectivity index (χ0n) is 9.71. The normalized spacial score (nSPS) is 28.2. The molecule has 3 nitrogen and oxygen atoms in total. The van der Waals surface area contributed by atoms with Crippen molar-refractivity contribution in [2.45, 2.75) is 57.3 Å². The Morgan fingerprint density at radius 2 is 2.27 bits per heavy atom. The van der Waals surface area contributed by atoms with Crippen molar-refractivity contribution < 1.29 is 9.47 Å². The van der Waals surface area contributed by atoms with Crippen molar-refractivity contribution in [1.82, 2.24) is 5.32 Å². The molecule has 1 aliphatic carbocycles. The van der Waals surface area contributed by atoms with Crippen molar-refractivity contribution in [1.29, 1.82) is 0 Å². The lowest BCUT2D eigenvalue weighted by Gasteiger charge is -2.16. The third-order valence-corrected chi connectivity index (χ3v) is 3.15. The fourth-order valence-corrected chi connectivity index (χ4v) is 1.91. The molecular weight excluding hydrogens is 190 g/mol. The smallest absolute Gasteiger partial charge is 0.0809 e. The molecule has 0 aromatic rings. The number of hydrogen-bond acceptors (Lipinski definition) is 3. The summed E-state index contributed by atoms with van der Waals surface area (Å²) in [5.74, 6) is 0. The van der Waals surface area contributed by atoms with Crippen LogP contribution in [0.2, 0.25) is 0 Å². The third kappa shape index (κ3) is 4.49. The highest BCUT2D eigenvalue weighted by Gasteiger charge is 2.20. The predicted molar refractivity (Wildman–Crippen MR) is 60.0 cm³/mol. The van der Waals surface area contributed by atoms with E-state index in [-0.39, 0.29) is 0 Å². The summed E-state index contributed by atoms with van der Waals surface area (Å²) in [5.41, 5.74) is 0. The highest BCUT2D eigenvalue weighted by Crippen LogP contribution is 2.18. The van der Waals surface area contributed by atoms with Gasteiger partial charge in [0.05, 0.1) is 18.8 Å². The van der Waals surface area contributed by atoms with E-state index in [1.54, 1.807) is 0 Å². The van der Waals surface area contributed by atoms with Gasteiger partial charge in [-0.3, -0.25) is 0 Å². The van der Waals surface area contributed by atoms with Crippen LogP contribution in [-0.2, 0) is 9.47 Å². The molecule has 1 aliphatic heterocycles. The molecule has 2 rings (SSSR count). The maximum atomic E-state index is 5.76. The molecule has 0 radical (unpaired) electrons. The van der Waals surface area contributed by atoms with Gasteiger partial charge >= 0.3 is 0 Å². The second-order valence-corrected chi connectivity index (χ2v) is 4.80. The topological polar surface area (TPSA) is 30.5 Å². The molecule has 1 N–H and O–H groups in total. The van der Waals surface area contributed by atoms with Gasteiger partial charge in [0.1, 0.15) is 0 Å². The highest BCUT2D eigenvalue weighted by molar-refractivity contribution is 4.80. The number of nitrogens with one attached hydrogen (secondary N) is 1. The Morgan fingerprint density at radius 1 is 1.40 bits per heavy atom. The number of ether oxygens (including phenoxy) is 2. The minimum Gasteiger partial charge on any atom is -0.376 e. The minimum atomic E-state index is 0.362. The fraction of sp³-hybridized carbons (Fsp3) is 1.00. The Bertz CT molecular complexity index is 176. The first kappa shape index (κ1) is 11.4. The van der Waals surface area contributed by atoms with Crippen LogP contribution in [0.1, 0.15) is 39.0 Å². The van der Waals surface area contributed by atoms with Gasteiger partial charge in [-0.05, 0) is 45.6 Å². The maximum absolute atomic E-state index is 5.76. The van der Waals surface area contributed by atoms with Gasteiger partial charge < -0.3 is 14.8 Å². The highest BCUT2D eigenvalue weighted by atomic mass is 16.5. The summed E-state index contributed by atoms with van der Waals surface area (Å²) in [7, 11) is 0. The zero-order valence-corrected chi connectivity index (χ0v) is 9.71. The quantitative estimate of drug-likeness (QED) is 0.698. The van der Waals surface area contributed by atoms with Gasteiger partial charge in [-0.1, -0.05) is 0 Å². The molecule has 2 unspecified atom stereocenters. The van der Waals surface area contributed by atoms with Crippen LogP contribution in [0.4, 0.5) is 0 Å². The van der Waals surface area contributed by atoms with Gasteiger partial charge in [0.2, 0.25) is 0 Å². The SMILES string of the molecule is CC(CCNC1CC1)OCC1CCCO1. The van der Waals surface area contributed by atoms with Crippen molar-refractivity contribution in [3.63, 3.8) is 0 Å². The van der Waals surface area contributed by atoms with E-state index >= 15 is 0 Å². The number of hydrogen-bond donors (Lipinski definition) is 1.